The topological polar surface area (TPSA) is 38.1 Å². The minimum Gasteiger partial charge on any atom is -0.360 e. The molecule has 1 heterocycles. The molecule has 0 radical (unpaired) electrons. The van der Waals surface area contributed by atoms with Gasteiger partial charge in [-0.15, -0.1) is 0 Å². The Morgan fingerprint density at radius 1 is 1.47 bits per heavy atom. The summed E-state index contributed by atoms with van der Waals surface area (Å²) in [6.45, 7) is 2.49. The monoisotopic (exact) mass is 254 g/mol. The van der Waals surface area contributed by atoms with E-state index < -0.39 is 5.82 Å². The van der Waals surface area contributed by atoms with Crippen molar-refractivity contribution in [3.63, 3.8) is 0 Å². The molecular formula is C12H12ClFN2O. The molecule has 1 unspecified atom stereocenters. The summed E-state index contributed by atoms with van der Waals surface area (Å²) in [5, 5.41) is 6.95. The largest absolute Gasteiger partial charge is 0.360 e. The summed E-state index contributed by atoms with van der Waals surface area (Å²) in [6.07, 6.45) is 1.59. The molecule has 0 aliphatic rings. The Balaban J connectivity index is 1.99. The van der Waals surface area contributed by atoms with Crippen LogP contribution in [-0.4, -0.2) is 5.16 Å². The summed E-state index contributed by atoms with van der Waals surface area (Å²) in [4.78, 5) is 0. The molecule has 5 heteroatoms. The van der Waals surface area contributed by atoms with Crippen LogP contribution in [0.5, 0.6) is 0 Å². The van der Waals surface area contributed by atoms with Gasteiger partial charge in [-0.1, -0.05) is 22.8 Å². The Labute approximate surface area is 104 Å². The Hall–Kier alpha value is -1.39. The summed E-state index contributed by atoms with van der Waals surface area (Å²) in [7, 11) is 0. The van der Waals surface area contributed by atoms with Gasteiger partial charge >= 0.3 is 0 Å². The van der Waals surface area contributed by atoms with E-state index in [0.29, 0.717) is 6.54 Å². The molecule has 0 aliphatic carbocycles. The average molecular weight is 255 g/mol. The smallest absolute Gasteiger partial charge is 0.150 e. The number of aromatic nitrogens is 1. The van der Waals surface area contributed by atoms with Crippen molar-refractivity contribution < 1.29 is 8.91 Å². The van der Waals surface area contributed by atoms with Gasteiger partial charge < -0.3 is 9.84 Å². The fraction of sp³-hybridized carbons (Fsp3) is 0.250. The van der Waals surface area contributed by atoms with Crippen LogP contribution in [0.3, 0.4) is 0 Å². The Bertz CT molecular complexity index is 487. The molecule has 1 aromatic carbocycles. The first kappa shape index (κ1) is 12.1. The molecule has 1 aromatic heterocycles. The average Bonchev–Trinajstić information content (AvgIpc) is 2.82. The standard InChI is InChI=1S/C12H12ClFN2O/c1-8(15-7-10-4-5-16-17-10)9-2-3-11(13)12(14)6-9/h2-6,8,15H,7H2,1H3. The second-order valence-electron chi connectivity index (χ2n) is 3.75. The third kappa shape index (κ3) is 3.05. The molecule has 0 fully saturated rings. The van der Waals surface area contributed by atoms with Gasteiger partial charge in [-0.25, -0.2) is 4.39 Å². The number of rotatable bonds is 4. The van der Waals surface area contributed by atoms with Gasteiger partial charge in [0, 0.05) is 12.1 Å². The van der Waals surface area contributed by atoms with Crippen LogP contribution in [0.2, 0.25) is 5.02 Å². The number of nitrogens with one attached hydrogen (secondary N) is 1. The highest BCUT2D eigenvalue weighted by molar-refractivity contribution is 6.30. The number of hydrogen-bond acceptors (Lipinski definition) is 3. The quantitative estimate of drug-likeness (QED) is 0.910. The van der Waals surface area contributed by atoms with Crippen LogP contribution in [0.1, 0.15) is 24.3 Å². The molecular weight excluding hydrogens is 243 g/mol. The minimum absolute atomic E-state index is 0.00636. The van der Waals surface area contributed by atoms with Gasteiger partial charge in [-0.3, -0.25) is 0 Å². The van der Waals surface area contributed by atoms with E-state index in [1.807, 2.05) is 6.92 Å². The Kier molecular flexibility index (Phi) is 3.76. The summed E-state index contributed by atoms with van der Waals surface area (Å²) in [5.74, 6) is 0.337. The lowest BCUT2D eigenvalue weighted by molar-refractivity contribution is 0.366. The predicted octanol–water partition coefficient (Wildman–Crippen LogP) is 3.32. The summed E-state index contributed by atoms with van der Waals surface area (Å²) < 4.78 is 18.2. The minimum atomic E-state index is -0.405. The molecule has 2 aromatic rings. The van der Waals surface area contributed by atoms with Crippen LogP contribution in [0.4, 0.5) is 4.39 Å². The van der Waals surface area contributed by atoms with Crippen molar-refractivity contribution in [3.05, 3.63) is 52.6 Å². The van der Waals surface area contributed by atoms with Crippen LogP contribution in [0.15, 0.2) is 35.0 Å². The third-order valence-corrected chi connectivity index (χ3v) is 2.82. The molecule has 0 saturated carbocycles. The molecule has 1 N–H and O–H groups in total. The number of halogens is 2. The fourth-order valence-electron chi connectivity index (χ4n) is 1.49. The normalized spacial score (nSPS) is 12.6. The van der Waals surface area contributed by atoms with E-state index in [9.17, 15) is 4.39 Å². The molecule has 0 spiro atoms. The lowest BCUT2D eigenvalue weighted by Crippen LogP contribution is -2.17. The van der Waals surface area contributed by atoms with Crippen molar-refractivity contribution in [1.82, 2.24) is 10.5 Å². The molecule has 3 nitrogen and oxygen atoms in total. The van der Waals surface area contributed by atoms with E-state index in [-0.39, 0.29) is 11.1 Å². The van der Waals surface area contributed by atoms with Gasteiger partial charge in [0.05, 0.1) is 17.8 Å². The molecule has 0 amide bonds. The van der Waals surface area contributed by atoms with Crippen molar-refractivity contribution in [3.8, 4) is 0 Å². The number of nitrogens with zero attached hydrogens (tertiary/aromatic N) is 1. The van der Waals surface area contributed by atoms with Crippen molar-refractivity contribution in [2.75, 3.05) is 0 Å². The van der Waals surface area contributed by atoms with Crippen LogP contribution >= 0.6 is 11.6 Å². The van der Waals surface area contributed by atoms with Gasteiger partial charge in [0.2, 0.25) is 0 Å². The van der Waals surface area contributed by atoms with Crippen molar-refractivity contribution in [1.29, 1.82) is 0 Å². The molecule has 1 atom stereocenters. The lowest BCUT2D eigenvalue weighted by Gasteiger charge is -2.13. The SMILES string of the molecule is CC(NCc1ccno1)c1ccc(Cl)c(F)c1. The maximum Gasteiger partial charge on any atom is 0.150 e. The van der Waals surface area contributed by atoms with Crippen molar-refractivity contribution >= 4 is 11.6 Å². The summed E-state index contributed by atoms with van der Waals surface area (Å²) in [6, 6.07) is 6.57. The maximum absolute atomic E-state index is 13.3. The summed E-state index contributed by atoms with van der Waals surface area (Å²) in [5.41, 5.74) is 0.839. The highest BCUT2D eigenvalue weighted by Gasteiger charge is 2.08. The first-order valence-electron chi connectivity index (χ1n) is 5.24. The number of hydrogen-bond donors (Lipinski definition) is 1. The van der Waals surface area contributed by atoms with Crippen molar-refractivity contribution in [2.24, 2.45) is 0 Å². The zero-order valence-electron chi connectivity index (χ0n) is 9.28. The zero-order valence-corrected chi connectivity index (χ0v) is 10.0. The highest BCUT2D eigenvalue weighted by atomic mass is 35.5. The molecule has 2 rings (SSSR count). The predicted molar refractivity (Wildman–Crippen MR) is 63.2 cm³/mol. The maximum atomic E-state index is 13.3. The Morgan fingerprint density at radius 3 is 2.94 bits per heavy atom. The van der Waals surface area contributed by atoms with E-state index in [0.717, 1.165) is 11.3 Å². The Morgan fingerprint density at radius 2 is 2.29 bits per heavy atom. The fourth-order valence-corrected chi connectivity index (χ4v) is 1.60. The van der Waals surface area contributed by atoms with Gasteiger partial charge in [0.1, 0.15) is 11.6 Å². The van der Waals surface area contributed by atoms with Gasteiger partial charge in [0.25, 0.3) is 0 Å². The lowest BCUT2D eigenvalue weighted by atomic mass is 10.1. The number of benzene rings is 1. The third-order valence-electron chi connectivity index (χ3n) is 2.52. The second kappa shape index (κ2) is 5.29. The van der Waals surface area contributed by atoms with Crippen molar-refractivity contribution in [2.45, 2.75) is 19.5 Å². The van der Waals surface area contributed by atoms with Crippen LogP contribution in [0, 0.1) is 5.82 Å². The molecule has 17 heavy (non-hydrogen) atoms. The molecule has 0 aliphatic heterocycles. The van der Waals surface area contributed by atoms with Gasteiger partial charge in [-0.05, 0) is 24.6 Å². The molecule has 0 bridgehead atoms. The second-order valence-corrected chi connectivity index (χ2v) is 4.16. The van der Waals surface area contributed by atoms with E-state index in [4.69, 9.17) is 16.1 Å². The highest BCUT2D eigenvalue weighted by Crippen LogP contribution is 2.20. The summed E-state index contributed by atoms with van der Waals surface area (Å²) >= 11 is 5.62. The van der Waals surface area contributed by atoms with Gasteiger partial charge in [-0.2, -0.15) is 0 Å². The van der Waals surface area contributed by atoms with Crippen LogP contribution < -0.4 is 5.32 Å². The van der Waals surface area contributed by atoms with E-state index in [2.05, 4.69) is 10.5 Å². The molecule has 0 saturated heterocycles. The first-order valence-corrected chi connectivity index (χ1v) is 5.62. The zero-order chi connectivity index (χ0) is 12.3. The van der Waals surface area contributed by atoms with E-state index in [1.54, 1.807) is 24.4 Å². The van der Waals surface area contributed by atoms with E-state index >= 15 is 0 Å². The van der Waals surface area contributed by atoms with Gasteiger partial charge in [0.15, 0.2) is 0 Å². The van der Waals surface area contributed by atoms with Crippen LogP contribution in [-0.2, 0) is 6.54 Å². The molecule has 90 valence electrons. The first-order chi connectivity index (χ1) is 8.16. The van der Waals surface area contributed by atoms with Crippen LogP contribution in [0.25, 0.3) is 0 Å². The van der Waals surface area contributed by atoms with E-state index in [1.165, 1.54) is 6.07 Å².